The highest BCUT2D eigenvalue weighted by atomic mass is 16.6. The number of carbonyl (C=O) groups excluding carboxylic acids is 4. The lowest BCUT2D eigenvalue weighted by atomic mass is 9.70. The van der Waals surface area contributed by atoms with Crippen LogP contribution < -0.4 is 5.32 Å². The molecule has 0 aliphatic carbocycles. The summed E-state index contributed by atoms with van der Waals surface area (Å²) in [5.41, 5.74) is -1.08. The van der Waals surface area contributed by atoms with Crippen LogP contribution in [0.2, 0.25) is 0 Å². The van der Waals surface area contributed by atoms with E-state index in [9.17, 15) is 24.3 Å². The third-order valence-electron chi connectivity index (χ3n) is 10.1. The van der Waals surface area contributed by atoms with Crippen molar-refractivity contribution in [3.8, 4) is 0 Å². The Kier molecular flexibility index (Phi) is 12.5. The van der Waals surface area contributed by atoms with Crippen molar-refractivity contribution in [2.45, 2.75) is 115 Å². The van der Waals surface area contributed by atoms with E-state index in [1.165, 1.54) is 0 Å². The molecule has 3 saturated heterocycles. The quantitative estimate of drug-likeness (QED) is 0.125. The molecule has 1 spiro atoms. The normalized spacial score (nSPS) is 25.1. The first kappa shape index (κ1) is 38.3. The van der Waals surface area contributed by atoms with Crippen LogP contribution in [0.1, 0.15) is 97.7 Å². The summed E-state index contributed by atoms with van der Waals surface area (Å²) in [6.45, 7) is 18.9. The van der Waals surface area contributed by atoms with Gasteiger partial charge in [-0.25, -0.2) is 0 Å². The zero-order valence-corrected chi connectivity index (χ0v) is 30.1. The highest BCUT2D eigenvalue weighted by Crippen LogP contribution is 2.59. The number of hydrogen-bond acceptors (Lipinski definition) is 7. The molecule has 3 aliphatic heterocycles. The highest BCUT2D eigenvalue weighted by molar-refractivity contribution is 5.98. The van der Waals surface area contributed by atoms with Gasteiger partial charge < -0.3 is 29.7 Å². The second kappa shape index (κ2) is 16.0. The number of unbranched alkanes of at least 4 members (excludes halogenated alkanes) is 2. The number of likely N-dealkylation sites (tertiary alicyclic amines) is 1. The molecule has 0 saturated carbocycles. The number of esters is 1. The molecule has 1 aromatic carbocycles. The first-order chi connectivity index (χ1) is 23.2. The van der Waals surface area contributed by atoms with Gasteiger partial charge in [0.2, 0.25) is 17.7 Å². The molecule has 4 rings (SSSR count). The molecule has 0 aromatic heterocycles. The van der Waals surface area contributed by atoms with Crippen molar-refractivity contribution in [1.29, 1.82) is 0 Å². The fraction of sp³-hybridized carbons (Fsp3) is 0.641. The molecule has 0 unspecified atom stereocenters. The van der Waals surface area contributed by atoms with Crippen LogP contribution in [0.4, 0.5) is 0 Å². The van der Waals surface area contributed by atoms with Crippen molar-refractivity contribution < 1.29 is 33.8 Å². The van der Waals surface area contributed by atoms with Crippen molar-refractivity contribution in [2.24, 2.45) is 17.3 Å². The number of nitrogens with zero attached hydrogens (tertiary/aromatic N) is 2. The summed E-state index contributed by atoms with van der Waals surface area (Å²) in [7, 11) is 0. The predicted octanol–water partition coefficient (Wildman–Crippen LogP) is 5.12. The van der Waals surface area contributed by atoms with Gasteiger partial charge >= 0.3 is 5.97 Å². The Hall–Kier alpha value is -3.50. The second-order valence-electron chi connectivity index (χ2n) is 15.6. The largest absolute Gasteiger partial charge is 0.455 e. The fourth-order valence-corrected chi connectivity index (χ4v) is 8.46. The van der Waals surface area contributed by atoms with E-state index in [2.05, 4.69) is 39.2 Å². The number of allylic oxidation sites excluding steroid dienone is 1. The van der Waals surface area contributed by atoms with Crippen LogP contribution in [0, 0.1) is 17.3 Å². The molecule has 0 radical (unpaired) electrons. The van der Waals surface area contributed by atoms with E-state index in [4.69, 9.17) is 9.47 Å². The molecule has 3 aliphatic rings. The lowest BCUT2D eigenvalue weighted by Gasteiger charge is -2.45. The van der Waals surface area contributed by atoms with Gasteiger partial charge in [0.1, 0.15) is 17.7 Å². The van der Waals surface area contributed by atoms with Gasteiger partial charge in [-0.2, -0.15) is 0 Å². The Morgan fingerprint density at radius 1 is 1.12 bits per heavy atom. The molecule has 3 heterocycles. The van der Waals surface area contributed by atoms with Crippen LogP contribution in [0.3, 0.4) is 0 Å². The monoisotopic (exact) mass is 679 g/mol. The maximum absolute atomic E-state index is 14.9. The number of fused-ring (bicyclic) bond motifs is 1. The Labute approximate surface area is 292 Å². The molecular formula is C39H57N3O7. The zero-order valence-electron chi connectivity index (χ0n) is 30.1. The van der Waals surface area contributed by atoms with Crippen LogP contribution in [0.15, 0.2) is 55.6 Å². The summed E-state index contributed by atoms with van der Waals surface area (Å²) in [6.07, 6.45) is 6.45. The number of nitrogens with one attached hydrogen (secondary N) is 1. The van der Waals surface area contributed by atoms with Crippen molar-refractivity contribution >= 4 is 23.7 Å². The first-order valence-electron chi connectivity index (χ1n) is 17.9. The van der Waals surface area contributed by atoms with Gasteiger partial charge in [-0.05, 0) is 69.8 Å². The predicted molar refractivity (Wildman–Crippen MR) is 188 cm³/mol. The topological polar surface area (TPSA) is 125 Å². The molecule has 10 nitrogen and oxygen atoms in total. The smallest absolute Gasteiger partial charge is 0.313 e. The van der Waals surface area contributed by atoms with Gasteiger partial charge in [0.25, 0.3) is 0 Å². The number of rotatable bonds is 18. The van der Waals surface area contributed by atoms with Gasteiger partial charge in [-0.1, -0.05) is 63.3 Å². The molecule has 49 heavy (non-hydrogen) atoms. The van der Waals surface area contributed by atoms with E-state index in [0.29, 0.717) is 51.6 Å². The van der Waals surface area contributed by atoms with E-state index in [1.54, 1.807) is 17.1 Å². The summed E-state index contributed by atoms with van der Waals surface area (Å²) in [5.74, 6) is -2.98. The Morgan fingerprint density at radius 2 is 1.84 bits per heavy atom. The van der Waals surface area contributed by atoms with Crippen molar-refractivity contribution in [1.82, 2.24) is 15.1 Å². The molecule has 2 N–H and O–H groups in total. The molecule has 3 amide bonds. The summed E-state index contributed by atoms with van der Waals surface area (Å²) >= 11 is 0. The van der Waals surface area contributed by atoms with Gasteiger partial charge in [-0.15, -0.1) is 13.2 Å². The number of carbonyl (C=O) groups is 4. The van der Waals surface area contributed by atoms with Crippen LogP contribution in [-0.4, -0.2) is 88.1 Å². The molecule has 3 fully saturated rings. The van der Waals surface area contributed by atoms with E-state index in [0.717, 1.165) is 12.0 Å². The van der Waals surface area contributed by atoms with Crippen LogP contribution in [-0.2, 0) is 28.7 Å². The number of aliphatic hydroxyl groups excluding tert-OH is 1. The summed E-state index contributed by atoms with van der Waals surface area (Å²) in [6, 6.07) is 8.31. The van der Waals surface area contributed by atoms with E-state index in [1.807, 2.05) is 49.1 Å². The third-order valence-corrected chi connectivity index (χ3v) is 10.1. The van der Waals surface area contributed by atoms with Gasteiger partial charge in [0, 0.05) is 31.7 Å². The molecule has 2 bridgehead atoms. The van der Waals surface area contributed by atoms with Crippen molar-refractivity contribution in [3.63, 3.8) is 0 Å². The van der Waals surface area contributed by atoms with Crippen LogP contribution in [0.25, 0.3) is 0 Å². The number of amides is 3. The van der Waals surface area contributed by atoms with Gasteiger partial charge in [-0.3, -0.25) is 19.2 Å². The SMILES string of the molecule is C=CCCC(=O)NC[C@@H](OC(=O)[C@@H]1[C@H]2C(=O)N(CCCCCO)[C@H](C(=O)N(CC=C)C(C)(C)CC(C)(C)C)[C@]23CC[C@H]1O3)c1ccccc1. The Morgan fingerprint density at radius 3 is 2.47 bits per heavy atom. The Bertz CT molecular complexity index is 1360. The van der Waals surface area contributed by atoms with E-state index in [-0.39, 0.29) is 42.7 Å². The minimum absolute atomic E-state index is 0.0486. The fourth-order valence-electron chi connectivity index (χ4n) is 8.46. The van der Waals surface area contributed by atoms with E-state index < -0.39 is 47.2 Å². The minimum Gasteiger partial charge on any atom is -0.455 e. The van der Waals surface area contributed by atoms with Gasteiger partial charge in [0.05, 0.1) is 24.5 Å². The summed E-state index contributed by atoms with van der Waals surface area (Å²) in [5, 5.41) is 12.3. The zero-order chi connectivity index (χ0) is 36.0. The Balaban J connectivity index is 1.67. The lowest BCUT2D eigenvalue weighted by Crippen LogP contribution is -2.61. The van der Waals surface area contributed by atoms with E-state index >= 15 is 0 Å². The maximum atomic E-state index is 14.9. The molecule has 270 valence electrons. The number of benzene rings is 1. The van der Waals surface area contributed by atoms with Gasteiger partial charge in [0.15, 0.2) is 0 Å². The maximum Gasteiger partial charge on any atom is 0.313 e. The lowest BCUT2D eigenvalue weighted by molar-refractivity contribution is -0.160. The number of hydrogen-bond donors (Lipinski definition) is 2. The molecule has 10 heteroatoms. The van der Waals surface area contributed by atoms with Crippen molar-refractivity contribution in [3.05, 3.63) is 61.2 Å². The average Bonchev–Trinajstić information content (AvgIpc) is 3.69. The summed E-state index contributed by atoms with van der Waals surface area (Å²) in [4.78, 5) is 59.6. The second-order valence-corrected chi connectivity index (χ2v) is 15.6. The minimum atomic E-state index is -1.17. The van der Waals surface area contributed by atoms with Crippen LogP contribution >= 0.6 is 0 Å². The summed E-state index contributed by atoms with van der Waals surface area (Å²) < 4.78 is 12.9. The third kappa shape index (κ3) is 8.46. The first-order valence-corrected chi connectivity index (χ1v) is 17.9. The van der Waals surface area contributed by atoms with Crippen molar-refractivity contribution in [2.75, 3.05) is 26.2 Å². The number of aliphatic hydroxyl groups is 1. The molecule has 1 aromatic rings. The highest BCUT2D eigenvalue weighted by Gasteiger charge is 2.75. The number of ether oxygens (including phenoxy) is 2. The average molecular weight is 680 g/mol. The standard InChI is InChI=1S/C39H57N3O7/c1-8-10-19-30(44)40-25-29(27-17-13-11-14-18-27)48-36(47)31-28-20-21-39(49-28)32(31)34(45)41(23-15-12-16-24-43)33(39)35(46)42(22-9-2)38(6,7)26-37(3,4)5/h8-9,11,13-14,17-18,28-29,31-33,43H,1-2,10,12,15-16,19-26H2,3-7H3,(H,40,44)/t28-,29-,31+,32+,33-,39+/m1/s1. The molecular weight excluding hydrogens is 622 g/mol. The van der Waals surface area contributed by atoms with Crippen LogP contribution in [0.5, 0.6) is 0 Å². The molecule has 6 atom stereocenters.